The number of rotatable bonds is 3. The number of halogens is 1. The van der Waals surface area contributed by atoms with Crippen LogP contribution in [0.2, 0.25) is 5.02 Å². The molecule has 0 saturated heterocycles. The summed E-state index contributed by atoms with van der Waals surface area (Å²) in [5.74, 6) is -0.192. The van der Waals surface area contributed by atoms with Crippen LogP contribution in [-0.2, 0) is 4.79 Å². The van der Waals surface area contributed by atoms with Gasteiger partial charge >= 0.3 is 0 Å². The topological polar surface area (TPSA) is 48.8 Å². The van der Waals surface area contributed by atoms with Crippen molar-refractivity contribution in [3.8, 4) is 0 Å². The summed E-state index contributed by atoms with van der Waals surface area (Å²) in [7, 11) is 3.76. The molecule has 1 aliphatic rings. The van der Waals surface area contributed by atoms with Crippen molar-refractivity contribution in [2.45, 2.75) is 0 Å². The number of carbonyl (C=O) groups excluding carboxylic acids is 1. The first-order chi connectivity index (χ1) is 12.5. The maximum Gasteiger partial charge on any atom is 0.284 e. The molecule has 0 saturated carbocycles. The Hall–Kier alpha value is -2.70. The molecule has 0 unspecified atom stereocenters. The van der Waals surface area contributed by atoms with Crippen molar-refractivity contribution in [1.82, 2.24) is 9.88 Å². The molecule has 0 aliphatic carbocycles. The Morgan fingerprint density at radius 3 is 2.65 bits per heavy atom. The second-order valence-electron chi connectivity index (χ2n) is 6.05. The summed E-state index contributed by atoms with van der Waals surface area (Å²) in [6.07, 6.45) is 1.79. The number of anilines is 1. The molecule has 0 bridgehead atoms. The van der Waals surface area contributed by atoms with Gasteiger partial charge in [0.2, 0.25) is 5.13 Å². The third-order valence-electron chi connectivity index (χ3n) is 3.83. The molecule has 130 valence electrons. The number of hydrogen-bond donors (Lipinski definition) is 0. The van der Waals surface area contributed by atoms with Gasteiger partial charge in [-0.05, 0) is 18.2 Å². The normalized spacial score (nSPS) is 15.8. The molecule has 0 spiro atoms. The summed E-state index contributed by atoms with van der Waals surface area (Å²) >= 11 is 7.45. The number of benzene rings is 2. The van der Waals surface area contributed by atoms with Gasteiger partial charge in [-0.1, -0.05) is 53.3 Å². The van der Waals surface area contributed by atoms with Crippen LogP contribution < -0.4 is 5.01 Å². The number of nitrogens with zero attached hydrogens (tertiary/aromatic N) is 4. The molecular weight excluding hydrogens is 368 g/mol. The molecule has 4 rings (SSSR count). The molecule has 1 amide bonds. The summed E-state index contributed by atoms with van der Waals surface area (Å²) in [6, 6.07) is 15.2. The minimum Gasteiger partial charge on any atom is -0.383 e. The summed E-state index contributed by atoms with van der Waals surface area (Å²) in [5.41, 5.74) is 2.87. The third-order valence-corrected chi connectivity index (χ3v) is 5.06. The molecule has 3 aromatic rings. The van der Waals surface area contributed by atoms with Gasteiger partial charge in [0, 0.05) is 30.9 Å². The van der Waals surface area contributed by atoms with E-state index in [1.165, 1.54) is 16.3 Å². The van der Waals surface area contributed by atoms with E-state index in [1.807, 2.05) is 61.5 Å². The second-order valence-corrected chi connectivity index (χ2v) is 7.49. The van der Waals surface area contributed by atoms with E-state index in [1.54, 1.807) is 12.3 Å². The standard InChI is InChI=1S/C19H15ClN4OS/c1-23(2)11-14-17(12-6-4-3-5-7-12)22-24(18(14)25)19-21-15-9-8-13(20)10-16(15)26-19/h3-11H,1-2H3/b14-11+. The fourth-order valence-corrected chi connectivity index (χ4v) is 3.90. The van der Waals surface area contributed by atoms with E-state index < -0.39 is 0 Å². The lowest BCUT2D eigenvalue weighted by Gasteiger charge is -2.09. The molecule has 26 heavy (non-hydrogen) atoms. The average Bonchev–Trinajstić information content (AvgIpc) is 3.17. The molecule has 5 nitrogen and oxygen atoms in total. The predicted octanol–water partition coefficient (Wildman–Crippen LogP) is 4.15. The molecule has 0 atom stereocenters. The Labute approximate surface area is 159 Å². The maximum atomic E-state index is 13.0. The number of amides is 1. The lowest BCUT2D eigenvalue weighted by Crippen LogP contribution is -2.22. The molecule has 0 N–H and O–H groups in total. The first-order valence-electron chi connectivity index (χ1n) is 7.96. The van der Waals surface area contributed by atoms with Gasteiger partial charge in [0.15, 0.2) is 0 Å². The highest BCUT2D eigenvalue weighted by molar-refractivity contribution is 7.22. The van der Waals surface area contributed by atoms with Crippen LogP contribution in [0.1, 0.15) is 5.56 Å². The Morgan fingerprint density at radius 2 is 1.92 bits per heavy atom. The molecule has 0 fully saturated rings. The van der Waals surface area contributed by atoms with Gasteiger partial charge in [-0.25, -0.2) is 4.98 Å². The number of hydrogen-bond acceptors (Lipinski definition) is 5. The third kappa shape index (κ3) is 2.98. The zero-order valence-electron chi connectivity index (χ0n) is 14.2. The molecule has 0 radical (unpaired) electrons. The highest BCUT2D eigenvalue weighted by atomic mass is 35.5. The van der Waals surface area contributed by atoms with Crippen LogP contribution in [0.15, 0.2) is 65.4 Å². The van der Waals surface area contributed by atoms with Crippen molar-refractivity contribution < 1.29 is 4.79 Å². The van der Waals surface area contributed by atoms with Crippen LogP contribution in [0, 0.1) is 0 Å². The van der Waals surface area contributed by atoms with Crippen molar-refractivity contribution in [2.75, 3.05) is 19.1 Å². The Bertz CT molecular complexity index is 1060. The van der Waals surface area contributed by atoms with Gasteiger partial charge in [-0.3, -0.25) is 4.79 Å². The van der Waals surface area contributed by atoms with Gasteiger partial charge in [0.05, 0.1) is 15.8 Å². The van der Waals surface area contributed by atoms with Gasteiger partial charge < -0.3 is 4.90 Å². The zero-order chi connectivity index (χ0) is 18.3. The summed E-state index contributed by atoms with van der Waals surface area (Å²) in [6.45, 7) is 0. The van der Waals surface area contributed by atoms with Crippen LogP contribution in [0.4, 0.5) is 5.13 Å². The number of hydrazone groups is 1. The van der Waals surface area contributed by atoms with Gasteiger partial charge in [0.1, 0.15) is 5.71 Å². The number of thiazole rings is 1. The number of carbonyl (C=O) groups is 1. The van der Waals surface area contributed by atoms with E-state index in [-0.39, 0.29) is 5.91 Å². The summed E-state index contributed by atoms with van der Waals surface area (Å²) in [5, 5.41) is 7.12. The molecule has 2 heterocycles. The van der Waals surface area contributed by atoms with Crippen LogP contribution in [0.25, 0.3) is 10.2 Å². The molecule has 1 aromatic heterocycles. The fraction of sp³-hybridized carbons (Fsp3) is 0.105. The summed E-state index contributed by atoms with van der Waals surface area (Å²) < 4.78 is 0.918. The van der Waals surface area contributed by atoms with E-state index in [9.17, 15) is 4.79 Å². The van der Waals surface area contributed by atoms with Crippen molar-refractivity contribution in [3.63, 3.8) is 0 Å². The number of aromatic nitrogens is 1. The van der Waals surface area contributed by atoms with Crippen molar-refractivity contribution >= 4 is 49.9 Å². The molecule has 2 aromatic carbocycles. The van der Waals surface area contributed by atoms with Crippen molar-refractivity contribution in [3.05, 3.63) is 70.9 Å². The minimum absolute atomic E-state index is 0.192. The van der Waals surface area contributed by atoms with Crippen LogP contribution >= 0.6 is 22.9 Å². The van der Waals surface area contributed by atoms with Crippen molar-refractivity contribution in [2.24, 2.45) is 5.10 Å². The SMILES string of the molecule is CN(C)/C=C1/C(=O)N(c2nc3ccc(Cl)cc3s2)N=C1c1ccccc1. The Kier molecular flexibility index (Phi) is 4.22. The highest BCUT2D eigenvalue weighted by Crippen LogP contribution is 2.34. The monoisotopic (exact) mass is 382 g/mol. The molecular formula is C19H15ClN4OS. The van der Waals surface area contributed by atoms with E-state index in [2.05, 4.69) is 10.1 Å². The predicted molar refractivity (Wildman–Crippen MR) is 107 cm³/mol. The largest absolute Gasteiger partial charge is 0.383 e. The quantitative estimate of drug-likeness (QED) is 0.639. The van der Waals surface area contributed by atoms with Crippen LogP contribution in [-0.4, -0.2) is 35.6 Å². The van der Waals surface area contributed by atoms with E-state index in [0.717, 1.165) is 15.8 Å². The molecule has 7 heteroatoms. The van der Waals surface area contributed by atoms with E-state index in [4.69, 9.17) is 11.6 Å². The van der Waals surface area contributed by atoms with Crippen LogP contribution in [0.3, 0.4) is 0 Å². The van der Waals surface area contributed by atoms with Gasteiger partial charge in [0.25, 0.3) is 5.91 Å². The Balaban J connectivity index is 1.83. The highest BCUT2D eigenvalue weighted by Gasteiger charge is 2.34. The Morgan fingerprint density at radius 1 is 1.15 bits per heavy atom. The first-order valence-corrected chi connectivity index (χ1v) is 9.15. The first kappa shape index (κ1) is 16.8. The lowest BCUT2D eigenvalue weighted by atomic mass is 10.0. The van der Waals surface area contributed by atoms with Gasteiger partial charge in [-0.15, -0.1) is 0 Å². The average molecular weight is 383 g/mol. The molecule has 1 aliphatic heterocycles. The van der Waals surface area contributed by atoms with Crippen molar-refractivity contribution in [1.29, 1.82) is 0 Å². The maximum absolute atomic E-state index is 13.0. The minimum atomic E-state index is -0.192. The number of fused-ring (bicyclic) bond motifs is 1. The summed E-state index contributed by atoms with van der Waals surface area (Å²) in [4.78, 5) is 19.4. The fourth-order valence-electron chi connectivity index (χ4n) is 2.71. The smallest absolute Gasteiger partial charge is 0.284 e. The van der Waals surface area contributed by atoms with E-state index >= 15 is 0 Å². The van der Waals surface area contributed by atoms with Crippen LogP contribution in [0.5, 0.6) is 0 Å². The zero-order valence-corrected chi connectivity index (χ0v) is 15.8. The van der Waals surface area contributed by atoms with Gasteiger partial charge in [-0.2, -0.15) is 10.1 Å². The second kappa shape index (κ2) is 6.55. The van der Waals surface area contributed by atoms with E-state index in [0.29, 0.717) is 21.4 Å². The lowest BCUT2D eigenvalue weighted by molar-refractivity contribution is -0.114.